The van der Waals surface area contributed by atoms with E-state index in [-0.39, 0.29) is 0 Å². The molecule has 0 bridgehead atoms. The van der Waals surface area contributed by atoms with E-state index < -0.39 is 0 Å². The number of rotatable bonds is 5. The summed E-state index contributed by atoms with van der Waals surface area (Å²) in [6.07, 6.45) is 0.314. The van der Waals surface area contributed by atoms with Crippen LogP contribution < -0.4 is 5.73 Å². The van der Waals surface area contributed by atoms with Crippen molar-refractivity contribution in [3.05, 3.63) is 35.9 Å². The molecule has 0 unspecified atom stereocenters. The maximum Gasteiger partial charge on any atom is 0.0754 e. The molecule has 0 aromatic heterocycles. The first-order chi connectivity index (χ1) is 8.33. The van der Waals surface area contributed by atoms with E-state index in [1.54, 1.807) is 0 Å². The molecular weight excluding hydrogens is 212 g/mol. The molecular formula is C14H22N2O. The van der Waals surface area contributed by atoms with Crippen LogP contribution in [0.15, 0.2) is 30.3 Å². The number of hydrogen-bond donors (Lipinski definition) is 1. The van der Waals surface area contributed by atoms with Gasteiger partial charge in [0.1, 0.15) is 0 Å². The Hall–Kier alpha value is -0.900. The summed E-state index contributed by atoms with van der Waals surface area (Å²) in [5, 5.41) is 0. The quantitative estimate of drug-likeness (QED) is 0.838. The molecule has 1 fully saturated rings. The third-order valence-corrected chi connectivity index (χ3v) is 3.39. The van der Waals surface area contributed by atoms with Crippen molar-refractivity contribution in [1.82, 2.24) is 4.90 Å². The standard InChI is InChI=1S/C14H22N2O/c1-2-17-14-11-16(10-13(14)8-15)9-12-6-4-3-5-7-12/h3-7,13-14H,2,8-11,15H2,1H3/t13-,14-/m0/s1. The summed E-state index contributed by atoms with van der Waals surface area (Å²) in [5.74, 6) is 0.485. The van der Waals surface area contributed by atoms with Gasteiger partial charge in [0.15, 0.2) is 0 Å². The highest BCUT2D eigenvalue weighted by molar-refractivity contribution is 5.14. The van der Waals surface area contributed by atoms with Gasteiger partial charge in [-0.25, -0.2) is 0 Å². The Morgan fingerprint density at radius 2 is 2.06 bits per heavy atom. The maximum absolute atomic E-state index is 5.80. The second kappa shape index (κ2) is 6.15. The molecule has 3 heteroatoms. The molecule has 2 N–H and O–H groups in total. The van der Waals surface area contributed by atoms with Crippen molar-refractivity contribution in [2.45, 2.75) is 19.6 Å². The summed E-state index contributed by atoms with van der Waals surface area (Å²) < 4.78 is 5.75. The van der Waals surface area contributed by atoms with E-state index in [2.05, 4.69) is 35.2 Å². The molecule has 1 aromatic rings. The molecule has 0 spiro atoms. The van der Waals surface area contributed by atoms with Crippen LogP contribution in [0.2, 0.25) is 0 Å². The van der Waals surface area contributed by atoms with Crippen molar-refractivity contribution >= 4 is 0 Å². The van der Waals surface area contributed by atoms with E-state index in [0.717, 1.165) is 32.8 Å². The summed E-state index contributed by atoms with van der Waals surface area (Å²) in [6, 6.07) is 10.6. The zero-order valence-corrected chi connectivity index (χ0v) is 10.5. The fraction of sp³-hybridized carbons (Fsp3) is 0.571. The van der Waals surface area contributed by atoms with E-state index in [0.29, 0.717) is 12.0 Å². The minimum absolute atomic E-state index is 0.314. The Balaban J connectivity index is 1.91. The lowest BCUT2D eigenvalue weighted by Crippen LogP contribution is -2.28. The first kappa shape index (κ1) is 12.6. The lowest BCUT2D eigenvalue weighted by Gasteiger charge is -2.16. The Kier molecular flexibility index (Phi) is 4.54. The second-order valence-electron chi connectivity index (χ2n) is 4.67. The van der Waals surface area contributed by atoms with Crippen molar-refractivity contribution in [3.63, 3.8) is 0 Å². The third kappa shape index (κ3) is 3.28. The highest BCUT2D eigenvalue weighted by atomic mass is 16.5. The van der Waals surface area contributed by atoms with Crippen LogP contribution in [0.25, 0.3) is 0 Å². The summed E-state index contributed by atoms with van der Waals surface area (Å²) in [5.41, 5.74) is 7.16. The Morgan fingerprint density at radius 1 is 1.29 bits per heavy atom. The van der Waals surface area contributed by atoms with Crippen LogP contribution in [0.3, 0.4) is 0 Å². The number of nitrogens with zero attached hydrogens (tertiary/aromatic N) is 1. The van der Waals surface area contributed by atoms with Crippen molar-refractivity contribution in [1.29, 1.82) is 0 Å². The van der Waals surface area contributed by atoms with Crippen LogP contribution in [0.4, 0.5) is 0 Å². The van der Waals surface area contributed by atoms with Gasteiger partial charge >= 0.3 is 0 Å². The van der Waals surface area contributed by atoms with Gasteiger partial charge in [-0.05, 0) is 19.0 Å². The van der Waals surface area contributed by atoms with E-state index in [1.807, 2.05) is 6.92 Å². The van der Waals surface area contributed by atoms with Gasteiger partial charge in [-0.1, -0.05) is 30.3 Å². The smallest absolute Gasteiger partial charge is 0.0754 e. The van der Waals surface area contributed by atoms with Crippen molar-refractivity contribution < 1.29 is 4.74 Å². The molecule has 1 aromatic carbocycles. The minimum atomic E-state index is 0.314. The molecule has 0 radical (unpaired) electrons. The van der Waals surface area contributed by atoms with Crippen LogP contribution in [0, 0.1) is 5.92 Å². The summed E-state index contributed by atoms with van der Waals surface area (Å²) in [7, 11) is 0. The molecule has 17 heavy (non-hydrogen) atoms. The molecule has 1 aliphatic rings. The summed E-state index contributed by atoms with van der Waals surface area (Å²) >= 11 is 0. The average Bonchev–Trinajstić information content (AvgIpc) is 2.73. The number of likely N-dealkylation sites (tertiary alicyclic amines) is 1. The van der Waals surface area contributed by atoms with Crippen LogP contribution >= 0.6 is 0 Å². The topological polar surface area (TPSA) is 38.5 Å². The van der Waals surface area contributed by atoms with Gasteiger partial charge in [0, 0.05) is 32.2 Å². The van der Waals surface area contributed by atoms with Crippen molar-refractivity contribution in [3.8, 4) is 0 Å². The van der Waals surface area contributed by atoms with Gasteiger partial charge < -0.3 is 10.5 Å². The minimum Gasteiger partial charge on any atom is -0.377 e. The summed E-state index contributed by atoms with van der Waals surface area (Å²) in [6.45, 7) is 6.60. The number of nitrogens with two attached hydrogens (primary N) is 1. The largest absolute Gasteiger partial charge is 0.377 e. The highest BCUT2D eigenvalue weighted by Gasteiger charge is 2.31. The van der Waals surface area contributed by atoms with Crippen LogP contribution in [-0.4, -0.2) is 37.2 Å². The van der Waals surface area contributed by atoms with Crippen LogP contribution in [-0.2, 0) is 11.3 Å². The van der Waals surface area contributed by atoms with Crippen LogP contribution in [0.1, 0.15) is 12.5 Å². The van der Waals surface area contributed by atoms with Gasteiger partial charge in [-0.3, -0.25) is 4.90 Å². The maximum atomic E-state index is 5.80. The average molecular weight is 234 g/mol. The number of hydrogen-bond acceptors (Lipinski definition) is 3. The van der Waals surface area contributed by atoms with E-state index in [4.69, 9.17) is 10.5 Å². The summed E-state index contributed by atoms with van der Waals surface area (Å²) in [4.78, 5) is 2.44. The molecule has 0 saturated carbocycles. The third-order valence-electron chi connectivity index (χ3n) is 3.39. The number of benzene rings is 1. The van der Waals surface area contributed by atoms with Gasteiger partial charge in [0.2, 0.25) is 0 Å². The monoisotopic (exact) mass is 234 g/mol. The first-order valence-corrected chi connectivity index (χ1v) is 6.41. The zero-order chi connectivity index (χ0) is 12.1. The van der Waals surface area contributed by atoms with Crippen molar-refractivity contribution in [2.24, 2.45) is 11.7 Å². The van der Waals surface area contributed by atoms with E-state index >= 15 is 0 Å². The number of ether oxygens (including phenoxy) is 1. The molecule has 0 amide bonds. The second-order valence-corrected chi connectivity index (χ2v) is 4.67. The first-order valence-electron chi connectivity index (χ1n) is 6.41. The Bertz CT molecular complexity index is 328. The molecule has 2 atom stereocenters. The predicted molar refractivity (Wildman–Crippen MR) is 69.7 cm³/mol. The molecule has 0 aliphatic carbocycles. The fourth-order valence-corrected chi connectivity index (χ4v) is 2.53. The van der Waals surface area contributed by atoms with Gasteiger partial charge in [0.05, 0.1) is 6.10 Å². The van der Waals surface area contributed by atoms with E-state index in [9.17, 15) is 0 Å². The highest BCUT2D eigenvalue weighted by Crippen LogP contribution is 2.21. The normalized spacial score (nSPS) is 25.3. The van der Waals surface area contributed by atoms with Gasteiger partial charge in [-0.15, -0.1) is 0 Å². The van der Waals surface area contributed by atoms with Gasteiger partial charge in [0.25, 0.3) is 0 Å². The lowest BCUT2D eigenvalue weighted by atomic mass is 10.1. The molecule has 94 valence electrons. The molecule has 1 saturated heterocycles. The van der Waals surface area contributed by atoms with E-state index in [1.165, 1.54) is 5.56 Å². The fourth-order valence-electron chi connectivity index (χ4n) is 2.53. The lowest BCUT2D eigenvalue weighted by molar-refractivity contribution is 0.0446. The Labute approximate surface area is 104 Å². The molecule has 1 heterocycles. The van der Waals surface area contributed by atoms with Crippen molar-refractivity contribution in [2.75, 3.05) is 26.2 Å². The van der Waals surface area contributed by atoms with Gasteiger partial charge in [-0.2, -0.15) is 0 Å². The zero-order valence-electron chi connectivity index (χ0n) is 10.5. The SMILES string of the molecule is CCO[C@H]1CN(Cc2ccccc2)C[C@@H]1CN. The Morgan fingerprint density at radius 3 is 2.71 bits per heavy atom. The molecule has 3 nitrogen and oxygen atoms in total. The molecule has 1 aliphatic heterocycles. The predicted octanol–water partition coefficient (Wildman–Crippen LogP) is 1.48. The molecule has 2 rings (SSSR count). The van der Waals surface area contributed by atoms with Crippen LogP contribution in [0.5, 0.6) is 0 Å².